The highest BCUT2D eigenvalue weighted by molar-refractivity contribution is 7.89. The third-order valence-electron chi connectivity index (χ3n) is 4.38. The molecule has 1 heterocycles. The van der Waals surface area contributed by atoms with E-state index in [-0.39, 0.29) is 16.3 Å². The first kappa shape index (κ1) is 22.3. The number of amides is 2. The Balaban J connectivity index is 1.80. The number of alkyl halides is 3. The number of sulfonamides is 1. The summed E-state index contributed by atoms with van der Waals surface area (Å²) < 4.78 is 63.4. The zero-order valence-electron chi connectivity index (χ0n) is 16.1. The van der Waals surface area contributed by atoms with Crippen LogP contribution in [0.5, 0.6) is 0 Å². The number of nitrogens with zero attached hydrogens (tertiary/aromatic N) is 2. The van der Waals surface area contributed by atoms with E-state index in [1.807, 2.05) is 0 Å². The zero-order chi connectivity index (χ0) is 22.8. The van der Waals surface area contributed by atoms with Gasteiger partial charge in [-0.1, -0.05) is 12.1 Å². The van der Waals surface area contributed by atoms with Crippen LogP contribution < -0.4 is 15.8 Å². The summed E-state index contributed by atoms with van der Waals surface area (Å²) in [6, 6.07) is 8.73. The van der Waals surface area contributed by atoms with Gasteiger partial charge in [0.1, 0.15) is 0 Å². The van der Waals surface area contributed by atoms with Crippen LogP contribution in [0.25, 0.3) is 5.69 Å². The second-order valence-electron chi connectivity index (χ2n) is 6.61. The summed E-state index contributed by atoms with van der Waals surface area (Å²) in [7, 11) is -3.85. The largest absolute Gasteiger partial charge is 0.416 e. The molecule has 8 nitrogen and oxygen atoms in total. The predicted octanol–water partition coefficient (Wildman–Crippen LogP) is 3.42. The Kier molecular flexibility index (Phi) is 6.04. The fourth-order valence-corrected chi connectivity index (χ4v) is 3.32. The molecule has 2 amide bonds. The molecule has 1 unspecified atom stereocenters. The summed E-state index contributed by atoms with van der Waals surface area (Å²) in [6.07, 6.45) is -1.61. The summed E-state index contributed by atoms with van der Waals surface area (Å²) in [5, 5.41) is 14.1. The van der Waals surface area contributed by atoms with Gasteiger partial charge in [-0.05, 0) is 48.9 Å². The molecule has 4 N–H and O–H groups in total. The number of hydrogen-bond donors (Lipinski definition) is 3. The molecule has 0 aliphatic carbocycles. The van der Waals surface area contributed by atoms with E-state index in [0.717, 1.165) is 12.1 Å². The number of rotatable bonds is 5. The van der Waals surface area contributed by atoms with Crippen molar-refractivity contribution in [2.75, 3.05) is 5.32 Å². The predicted molar refractivity (Wildman–Crippen MR) is 107 cm³/mol. The van der Waals surface area contributed by atoms with Gasteiger partial charge in [0.15, 0.2) is 0 Å². The van der Waals surface area contributed by atoms with Gasteiger partial charge in [-0.25, -0.2) is 23.0 Å². The van der Waals surface area contributed by atoms with Gasteiger partial charge in [0.2, 0.25) is 10.0 Å². The summed E-state index contributed by atoms with van der Waals surface area (Å²) in [5.41, 5.74) is -0.199. The zero-order valence-corrected chi connectivity index (χ0v) is 16.9. The number of nitrogens with one attached hydrogen (secondary N) is 2. The van der Waals surface area contributed by atoms with E-state index >= 15 is 0 Å². The van der Waals surface area contributed by atoms with Gasteiger partial charge < -0.3 is 10.6 Å². The highest BCUT2D eigenvalue weighted by Crippen LogP contribution is 2.33. The van der Waals surface area contributed by atoms with Crippen molar-refractivity contribution in [2.24, 2.45) is 5.14 Å². The van der Waals surface area contributed by atoms with Crippen molar-refractivity contribution in [3.05, 3.63) is 72.1 Å². The van der Waals surface area contributed by atoms with Crippen LogP contribution >= 0.6 is 0 Å². The molecule has 0 aliphatic rings. The van der Waals surface area contributed by atoms with Crippen molar-refractivity contribution >= 4 is 21.7 Å². The molecule has 0 fully saturated rings. The first-order valence-corrected chi connectivity index (χ1v) is 10.4. The van der Waals surface area contributed by atoms with Crippen molar-refractivity contribution in [3.8, 4) is 5.69 Å². The molecular formula is C19H18F3N5O3S. The summed E-state index contributed by atoms with van der Waals surface area (Å²) >= 11 is 0. The monoisotopic (exact) mass is 453 g/mol. The first-order chi connectivity index (χ1) is 14.4. The van der Waals surface area contributed by atoms with Crippen LogP contribution in [0, 0.1) is 0 Å². The fourth-order valence-electron chi connectivity index (χ4n) is 2.81. The Bertz CT molecular complexity index is 1180. The number of urea groups is 1. The first-order valence-electron chi connectivity index (χ1n) is 8.87. The Morgan fingerprint density at radius 3 is 2.39 bits per heavy atom. The summed E-state index contributed by atoms with van der Waals surface area (Å²) in [5.74, 6) is 0. The number of nitrogens with two attached hydrogens (primary N) is 1. The Hall–Kier alpha value is -3.38. The molecule has 0 saturated heterocycles. The maximum Gasteiger partial charge on any atom is 0.416 e. The molecule has 12 heteroatoms. The van der Waals surface area contributed by atoms with Crippen LogP contribution in [0.1, 0.15) is 24.1 Å². The van der Waals surface area contributed by atoms with Crippen molar-refractivity contribution in [3.63, 3.8) is 0 Å². The molecule has 0 spiro atoms. The smallest absolute Gasteiger partial charge is 0.331 e. The molecule has 3 aromatic rings. The van der Waals surface area contributed by atoms with Crippen molar-refractivity contribution < 1.29 is 26.4 Å². The minimum atomic E-state index is -4.59. The maximum absolute atomic E-state index is 13.1. The summed E-state index contributed by atoms with van der Waals surface area (Å²) in [4.78, 5) is 12.4. The second-order valence-corrected chi connectivity index (χ2v) is 8.18. The lowest BCUT2D eigenvalue weighted by Crippen LogP contribution is -2.31. The van der Waals surface area contributed by atoms with Crippen LogP contribution in [0.2, 0.25) is 0 Å². The van der Waals surface area contributed by atoms with Crippen LogP contribution in [0.4, 0.5) is 23.7 Å². The number of carbonyl (C=O) groups excluding carboxylic acids is 1. The maximum atomic E-state index is 13.1. The van der Waals surface area contributed by atoms with E-state index in [1.165, 1.54) is 47.4 Å². The topological polar surface area (TPSA) is 119 Å². The van der Waals surface area contributed by atoms with Gasteiger partial charge in [0.25, 0.3) is 0 Å². The SMILES string of the molecule is CC(NC(=O)Nc1cc(C(F)(F)F)ccc1-n1cccn1)c1ccc(S(N)(=O)=O)cc1. The molecule has 0 aliphatic heterocycles. The van der Waals surface area contributed by atoms with Gasteiger partial charge in [-0.3, -0.25) is 0 Å². The number of anilines is 1. The highest BCUT2D eigenvalue weighted by Gasteiger charge is 2.31. The van der Waals surface area contributed by atoms with Crippen molar-refractivity contribution in [1.29, 1.82) is 0 Å². The third-order valence-corrected chi connectivity index (χ3v) is 5.31. The molecule has 31 heavy (non-hydrogen) atoms. The van der Waals surface area contributed by atoms with Gasteiger partial charge in [-0.15, -0.1) is 0 Å². The molecule has 2 aromatic carbocycles. The molecule has 0 bridgehead atoms. The summed E-state index contributed by atoms with van der Waals surface area (Å²) in [6.45, 7) is 1.63. The normalized spacial score (nSPS) is 12.9. The molecule has 164 valence electrons. The van der Waals surface area contributed by atoms with E-state index < -0.39 is 33.8 Å². The van der Waals surface area contributed by atoms with E-state index in [0.29, 0.717) is 5.56 Å². The molecule has 1 atom stereocenters. The highest BCUT2D eigenvalue weighted by atomic mass is 32.2. The number of aromatic nitrogens is 2. The lowest BCUT2D eigenvalue weighted by molar-refractivity contribution is -0.137. The number of carbonyl (C=O) groups is 1. The van der Waals surface area contributed by atoms with E-state index in [4.69, 9.17) is 5.14 Å². The average Bonchev–Trinajstić information content (AvgIpc) is 3.21. The minimum absolute atomic E-state index is 0.0827. The average molecular weight is 453 g/mol. The van der Waals surface area contributed by atoms with E-state index in [9.17, 15) is 26.4 Å². The van der Waals surface area contributed by atoms with Crippen molar-refractivity contribution in [2.45, 2.75) is 24.0 Å². The Labute approximate surface area is 175 Å². The lowest BCUT2D eigenvalue weighted by atomic mass is 10.1. The molecule has 0 radical (unpaired) electrons. The number of halogens is 3. The standard InChI is InChI=1S/C19H18F3N5O3S/c1-12(13-3-6-15(7-4-13)31(23,29)30)25-18(28)26-16-11-14(19(20,21)22)5-8-17(16)27-10-2-9-24-27/h2-12H,1H3,(H2,23,29,30)(H2,25,26,28). The van der Waals surface area contributed by atoms with Crippen LogP contribution in [-0.4, -0.2) is 24.2 Å². The third kappa shape index (κ3) is 5.41. The Morgan fingerprint density at radius 2 is 1.84 bits per heavy atom. The van der Waals surface area contributed by atoms with Gasteiger partial charge in [0, 0.05) is 12.4 Å². The van der Waals surface area contributed by atoms with Crippen LogP contribution in [0.15, 0.2) is 65.8 Å². The minimum Gasteiger partial charge on any atom is -0.331 e. The van der Waals surface area contributed by atoms with Crippen LogP contribution in [-0.2, 0) is 16.2 Å². The Morgan fingerprint density at radius 1 is 1.16 bits per heavy atom. The number of primary sulfonamides is 1. The van der Waals surface area contributed by atoms with Gasteiger partial charge in [0.05, 0.1) is 27.9 Å². The molecule has 3 rings (SSSR count). The number of hydrogen-bond acceptors (Lipinski definition) is 4. The lowest BCUT2D eigenvalue weighted by Gasteiger charge is -2.18. The molecular weight excluding hydrogens is 435 g/mol. The van der Waals surface area contributed by atoms with Crippen molar-refractivity contribution in [1.82, 2.24) is 15.1 Å². The van der Waals surface area contributed by atoms with Crippen LogP contribution in [0.3, 0.4) is 0 Å². The number of benzene rings is 2. The van der Waals surface area contributed by atoms with Gasteiger partial charge >= 0.3 is 12.2 Å². The van der Waals surface area contributed by atoms with E-state index in [1.54, 1.807) is 13.0 Å². The molecule has 0 saturated carbocycles. The fraction of sp³-hybridized carbons (Fsp3) is 0.158. The second kappa shape index (κ2) is 8.40. The quantitative estimate of drug-likeness (QED) is 0.548. The molecule has 1 aromatic heterocycles. The van der Waals surface area contributed by atoms with E-state index in [2.05, 4.69) is 15.7 Å². The van der Waals surface area contributed by atoms with Gasteiger partial charge in [-0.2, -0.15) is 18.3 Å².